The SMILES string of the molecule is CCC(C)NC(=O)C(Cc1ccccc1)N(Cc1cccc(OC)c1)C(=O)CCCOc1ccccc1. The summed E-state index contributed by atoms with van der Waals surface area (Å²) >= 11 is 0. The van der Waals surface area contributed by atoms with Gasteiger partial charge in [0.25, 0.3) is 0 Å². The Kier molecular flexibility index (Phi) is 11.0. The number of carbonyl (C=O) groups is 2. The molecule has 0 spiro atoms. The van der Waals surface area contributed by atoms with Crippen LogP contribution in [0, 0.1) is 0 Å². The van der Waals surface area contributed by atoms with Crippen LogP contribution in [0.15, 0.2) is 84.9 Å². The van der Waals surface area contributed by atoms with E-state index in [0.29, 0.717) is 31.7 Å². The van der Waals surface area contributed by atoms with Crippen LogP contribution in [0.3, 0.4) is 0 Å². The maximum atomic E-state index is 13.7. The molecule has 0 saturated carbocycles. The molecule has 0 aliphatic rings. The van der Waals surface area contributed by atoms with Crippen LogP contribution in [0.25, 0.3) is 0 Å². The zero-order chi connectivity index (χ0) is 26.5. The molecule has 3 aromatic carbocycles. The summed E-state index contributed by atoms with van der Waals surface area (Å²) in [6.07, 6.45) is 2.07. The van der Waals surface area contributed by atoms with Gasteiger partial charge in [-0.15, -0.1) is 0 Å². The van der Waals surface area contributed by atoms with Gasteiger partial charge in [-0.3, -0.25) is 9.59 Å². The molecule has 0 aliphatic carbocycles. The number of hydrogen-bond acceptors (Lipinski definition) is 4. The summed E-state index contributed by atoms with van der Waals surface area (Å²) in [7, 11) is 1.62. The number of amides is 2. The summed E-state index contributed by atoms with van der Waals surface area (Å²) < 4.78 is 11.2. The summed E-state index contributed by atoms with van der Waals surface area (Å²) in [5.74, 6) is 1.26. The Morgan fingerprint density at radius 1 is 0.892 bits per heavy atom. The van der Waals surface area contributed by atoms with Crippen molar-refractivity contribution in [1.29, 1.82) is 0 Å². The molecular formula is C31H38N2O4. The Morgan fingerprint density at radius 3 is 2.22 bits per heavy atom. The molecule has 0 radical (unpaired) electrons. The maximum Gasteiger partial charge on any atom is 0.243 e. The molecule has 6 nitrogen and oxygen atoms in total. The molecule has 0 aromatic heterocycles. The fraction of sp³-hybridized carbons (Fsp3) is 0.355. The molecule has 0 aliphatic heterocycles. The lowest BCUT2D eigenvalue weighted by molar-refractivity contribution is -0.141. The van der Waals surface area contributed by atoms with Crippen LogP contribution in [0.4, 0.5) is 0 Å². The Hall–Kier alpha value is -3.80. The van der Waals surface area contributed by atoms with E-state index in [1.165, 1.54) is 0 Å². The van der Waals surface area contributed by atoms with E-state index in [2.05, 4.69) is 5.32 Å². The van der Waals surface area contributed by atoms with Crippen LogP contribution in [-0.2, 0) is 22.6 Å². The topological polar surface area (TPSA) is 67.9 Å². The van der Waals surface area contributed by atoms with Crippen LogP contribution in [0.1, 0.15) is 44.2 Å². The predicted molar refractivity (Wildman–Crippen MR) is 147 cm³/mol. The van der Waals surface area contributed by atoms with Gasteiger partial charge >= 0.3 is 0 Å². The second-order valence-corrected chi connectivity index (χ2v) is 9.16. The molecule has 0 fully saturated rings. The lowest BCUT2D eigenvalue weighted by Gasteiger charge is -2.32. The fourth-order valence-electron chi connectivity index (χ4n) is 4.04. The van der Waals surface area contributed by atoms with Crippen LogP contribution in [-0.4, -0.2) is 42.5 Å². The van der Waals surface area contributed by atoms with Crippen LogP contribution in [0.5, 0.6) is 11.5 Å². The predicted octanol–water partition coefficient (Wildman–Crippen LogP) is 5.41. The van der Waals surface area contributed by atoms with Crippen LogP contribution in [0.2, 0.25) is 0 Å². The standard InChI is InChI=1S/C31H38N2O4/c1-4-24(2)32-31(35)29(22-25-13-7-5-8-14-25)33(23-26-15-11-18-28(21-26)36-3)30(34)19-12-20-37-27-16-9-6-10-17-27/h5-11,13-18,21,24,29H,4,12,19-20,22-23H2,1-3H3,(H,32,35). The van der Waals surface area contributed by atoms with Gasteiger partial charge in [0.2, 0.25) is 11.8 Å². The van der Waals surface area contributed by atoms with Crippen molar-refractivity contribution in [3.63, 3.8) is 0 Å². The molecule has 2 amide bonds. The second-order valence-electron chi connectivity index (χ2n) is 9.16. The lowest BCUT2D eigenvalue weighted by Crippen LogP contribution is -2.52. The van der Waals surface area contributed by atoms with Crippen molar-refractivity contribution < 1.29 is 19.1 Å². The van der Waals surface area contributed by atoms with E-state index in [4.69, 9.17) is 9.47 Å². The number of nitrogens with one attached hydrogen (secondary N) is 1. The molecule has 2 atom stereocenters. The van der Waals surface area contributed by atoms with Crippen LogP contribution < -0.4 is 14.8 Å². The van der Waals surface area contributed by atoms with Gasteiger partial charge in [0, 0.05) is 25.4 Å². The molecule has 1 N–H and O–H groups in total. The van der Waals surface area contributed by atoms with Gasteiger partial charge in [-0.1, -0.05) is 67.6 Å². The molecule has 0 saturated heterocycles. The van der Waals surface area contributed by atoms with Gasteiger partial charge in [0.15, 0.2) is 0 Å². The first-order valence-corrected chi connectivity index (χ1v) is 12.9. The highest BCUT2D eigenvalue weighted by atomic mass is 16.5. The van der Waals surface area contributed by atoms with Crippen molar-refractivity contribution >= 4 is 11.8 Å². The van der Waals surface area contributed by atoms with Crippen molar-refractivity contribution in [2.45, 2.75) is 58.2 Å². The molecule has 2 unspecified atom stereocenters. The number of para-hydroxylation sites is 1. The van der Waals surface area contributed by atoms with Crippen molar-refractivity contribution in [2.75, 3.05) is 13.7 Å². The Balaban J connectivity index is 1.82. The minimum Gasteiger partial charge on any atom is -0.497 e. The monoisotopic (exact) mass is 502 g/mol. The largest absolute Gasteiger partial charge is 0.497 e. The molecule has 37 heavy (non-hydrogen) atoms. The fourth-order valence-corrected chi connectivity index (χ4v) is 4.04. The molecule has 0 heterocycles. The average molecular weight is 503 g/mol. The van der Waals surface area contributed by atoms with Gasteiger partial charge in [-0.25, -0.2) is 0 Å². The number of benzene rings is 3. The van der Waals surface area contributed by atoms with Crippen molar-refractivity contribution in [3.8, 4) is 11.5 Å². The van der Waals surface area contributed by atoms with E-state index in [-0.39, 0.29) is 24.3 Å². The Morgan fingerprint density at radius 2 is 1.54 bits per heavy atom. The van der Waals surface area contributed by atoms with E-state index in [9.17, 15) is 9.59 Å². The van der Waals surface area contributed by atoms with Crippen molar-refractivity contribution in [3.05, 3.63) is 96.1 Å². The zero-order valence-electron chi connectivity index (χ0n) is 22.1. The summed E-state index contributed by atoms with van der Waals surface area (Å²) in [6.45, 7) is 4.74. The molecular weight excluding hydrogens is 464 g/mol. The first kappa shape index (κ1) is 27.8. The quantitative estimate of drug-likeness (QED) is 0.299. The molecule has 196 valence electrons. The van der Waals surface area contributed by atoms with Crippen LogP contribution >= 0.6 is 0 Å². The Labute approximate surface area is 220 Å². The van der Waals surface area contributed by atoms with E-state index in [0.717, 1.165) is 23.3 Å². The Bertz CT molecular complexity index is 1100. The summed E-state index contributed by atoms with van der Waals surface area (Å²) in [4.78, 5) is 28.9. The van der Waals surface area contributed by atoms with Gasteiger partial charge in [-0.2, -0.15) is 0 Å². The van der Waals surface area contributed by atoms with E-state index < -0.39 is 6.04 Å². The smallest absolute Gasteiger partial charge is 0.243 e. The zero-order valence-corrected chi connectivity index (χ0v) is 22.1. The summed E-state index contributed by atoms with van der Waals surface area (Å²) in [5.41, 5.74) is 1.91. The highest BCUT2D eigenvalue weighted by Gasteiger charge is 2.30. The highest BCUT2D eigenvalue weighted by Crippen LogP contribution is 2.20. The molecule has 0 bridgehead atoms. The normalized spacial score (nSPS) is 12.3. The summed E-state index contributed by atoms with van der Waals surface area (Å²) in [5, 5.41) is 3.10. The first-order chi connectivity index (χ1) is 18.0. The number of methoxy groups -OCH3 is 1. The second kappa shape index (κ2) is 14.7. The summed E-state index contributed by atoms with van der Waals surface area (Å²) in [6, 6.07) is 26.4. The van der Waals surface area contributed by atoms with Crippen molar-refractivity contribution in [2.24, 2.45) is 0 Å². The number of hydrogen-bond donors (Lipinski definition) is 1. The van der Waals surface area contributed by atoms with E-state index >= 15 is 0 Å². The number of rotatable bonds is 14. The molecule has 6 heteroatoms. The minimum atomic E-state index is -0.648. The van der Waals surface area contributed by atoms with E-state index in [1.54, 1.807) is 12.0 Å². The maximum absolute atomic E-state index is 13.7. The minimum absolute atomic E-state index is 0.0128. The number of ether oxygens (including phenoxy) is 2. The highest BCUT2D eigenvalue weighted by molar-refractivity contribution is 5.88. The third kappa shape index (κ3) is 8.98. The van der Waals surface area contributed by atoms with Gasteiger partial charge < -0.3 is 19.7 Å². The molecule has 3 aromatic rings. The van der Waals surface area contributed by atoms with Gasteiger partial charge in [0.1, 0.15) is 17.5 Å². The third-order valence-corrected chi connectivity index (χ3v) is 6.31. The lowest BCUT2D eigenvalue weighted by atomic mass is 10.0. The van der Waals surface area contributed by atoms with E-state index in [1.807, 2.05) is 98.8 Å². The average Bonchev–Trinajstić information content (AvgIpc) is 2.94. The van der Waals surface area contributed by atoms with Gasteiger partial charge in [-0.05, 0) is 55.2 Å². The number of carbonyl (C=O) groups excluding carboxylic acids is 2. The first-order valence-electron chi connectivity index (χ1n) is 12.9. The van der Waals surface area contributed by atoms with Gasteiger partial charge in [0.05, 0.1) is 13.7 Å². The third-order valence-electron chi connectivity index (χ3n) is 6.31. The van der Waals surface area contributed by atoms with Crippen molar-refractivity contribution in [1.82, 2.24) is 10.2 Å². The molecule has 3 rings (SSSR count). The number of nitrogens with zero attached hydrogens (tertiary/aromatic N) is 1.